The van der Waals surface area contributed by atoms with Gasteiger partial charge < -0.3 is 0 Å². The first-order chi connectivity index (χ1) is 9.23. The highest BCUT2D eigenvalue weighted by molar-refractivity contribution is 4.98. The summed E-state index contributed by atoms with van der Waals surface area (Å²) < 4.78 is 126. The SMILES string of the molecule is C=C.C=C(F)F.FC(F)=C(F)C(F)(F)F.FC(F)=C(F)F. The molecular weight excluding hydrogens is 336 g/mol. The fourth-order valence-corrected chi connectivity index (χ4v) is 0.107. The van der Waals surface area contributed by atoms with Gasteiger partial charge in [-0.15, -0.1) is 13.2 Å². The molecule has 0 unspecified atom stereocenters. The van der Waals surface area contributed by atoms with E-state index in [1.807, 2.05) is 0 Å². The molecule has 0 aliphatic rings. The predicted molar refractivity (Wildman–Crippen MR) is 50.5 cm³/mol. The van der Waals surface area contributed by atoms with Crippen LogP contribution in [0.25, 0.3) is 0 Å². The third kappa shape index (κ3) is 32.1. The van der Waals surface area contributed by atoms with E-state index in [4.69, 9.17) is 0 Å². The minimum absolute atomic E-state index is 1.83. The summed E-state index contributed by atoms with van der Waals surface area (Å²) in [6.07, 6.45) is -16.5. The molecule has 0 aromatic rings. The molecule has 0 aromatic carbocycles. The van der Waals surface area contributed by atoms with Crippen LogP contribution in [-0.2, 0) is 0 Å². The van der Waals surface area contributed by atoms with Crippen LogP contribution in [0.15, 0.2) is 49.9 Å². The van der Waals surface area contributed by atoms with Gasteiger partial charge in [0.1, 0.15) is 0 Å². The molecule has 0 saturated carbocycles. The second kappa shape index (κ2) is 14.5. The van der Waals surface area contributed by atoms with Crippen molar-refractivity contribution in [3.8, 4) is 0 Å². The molecule has 0 nitrogen and oxygen atoms in total. The first kappa shape index (κ1) is 27.5. The summed E-state index contributed by atoms with van der Waals surface area (Å²) in [5.41, 5.74) is 0. The van der Waals surface area contributed by atoms with Gasteiger partial charge in [0.05, 0.1) is 0 Å². The van der Waals surface area contributed by atoms with Gasteiger partial charge in [-0.1, -0.05) is 0 Å². The molecule has 0 bridgehead atoms. The van der Waals surface area contributed by atoms with Crippen molar-refractivity contribution in [2.75, 3.05) is 0 Å². The first-order valence-electron chi connectivity index (χ1n) is 3.87. The van der Waals surface area contributed by atoms with E-state index in [0.717, 1.165) is 0 Å². The Kier molecular flexibility index (Phi) is 19.0. The zero-order valence-corrected chi connectivity index (χ0v) is 9.66. The van der Waals surface area contributed by atoms with Gasteiger partial charge in [0.15, 0.2) is 0 Å². The summed E-state index contributed by atoms with van der Waals surface area (Å²) in [6, 6.07) is 0. The van der Waals surface area contributed by atoms with Gasteiger partial charge in [0.2, 0.25) is 0 Å². The van der Waals surface area contributed by atoms with E-state index in [1.54, 1.807) is 0 Å². The van der Waals surface area contributed by atoms with E-state index in [1.165, 1.54) is 0 Å². The normalized spacial score (nSPS) is 8.57. The van der Waals surface area contributed by atoms with Crippen molar-refractivity contribution >= 4 is 0 Å². The number of hydrogen-bond donors (Lipinski definition) is 0. The second-order valence-corrected chi connectivity index (χ2v) is 1.93. The molecule has 0 heterocycles. The lowest BCUT2D eigenvalue weighted by molar-refractivity contribution is -0.113. The quantitative estimate of drug-likeness (QED) is 0.335. The van der Waals surface area contributed by atoms with Crippen molar-refractivity contribution in [2.45, 2.75) is 6.18 Å². The van der Waals surface area contributed by atoms with Crippen LogP contribution in [0.2, 0.25) is 0 Å². The van der Waals surface area contributed by atoms with E-state index in [9.17, 15) is 52.7 Å². The molecule has 0 aromatic heterocycles. The standard InChI is InChI=1S/C3F6.C2F4.C2H2F2.C2H4/c4-1(2(5)6)3(7,8)9;3-1(4)2(5)6;1-2(3)4;1-2/h;;1H2;1-2H2. The van der Waals surface area contributed by atoms with Crippen LogP contribution < -0.4 is 0 Å². The average Bonchev–Trinajstić information content (AvgIpc) is 2.29. The summed E-state index contributed by atoms with van der Waals surface area (Å²) in [5.74, 6) is -3.33. The fourth-order valence-electron chi connectivity index (χ4n) is 0.107. The zero-order valence-electron chi connectivity index (χ0n) is 9.66. The van der Waals surface area contributed by atoms with Crippen LogP contribution in [0.5, 0.6) is 0 Å². The minimum atomic E-state index is -5.56. The molecule has 0 radical (unpaired) electrons. The monoisotopic (exact) mass is 342 g/mol. The average molecular weight is 342 g/mol. The van der Waals surface area contributed by atoms with Gasteiger partial charge in [-0.25, -0.2) is 0 Å². The van der Waals surface area contributed by atoms with Gasteiger partial charge in [-0.05, 0) is 6.58 Å². The van der Waals surface area contributed by atoms with Crippen LogP contribution in [0.3, 0.4) is 0 Å². The molecule has 12 heteroatoms. The first-order valence-corrected chi connectivity index (χ1v) is 3.87. The maximum Gasteiger partial charge on any atom is 0.448 e. The second-order valence-electron chi connectivity index (χ2n) is 1.93. The maximum atomic E-state index is 11.0. The van der Waals surface area contributed by atoms with Crippen LogP contribution in [0.4, 0.5) is 52.7 Å². The third-order valence-corrected chi connectivity index (χ3v) is 0.558. The van der Waals surface area contributed by atoms with Gasteiger partial charge in [0, 0.05) is 0 Å². The van der Waals surface area contributed by atoms with Gasteiger partial charge >= 0.3 is 24.4 Å². The van der Waals surface area contributed by atoms with E-state index in [2.05, 4.69) is 19.7 Å². The van der Waals surface area contributed by atoms with Crippen LogP contribution in [-0.4, -0.2) is 6.18 Å². The molecule has 21 heavy (non-hydrogen) atoms. The zero-order chi connectivity index (χ0) is 18.4. The summed E-state index contributed by atoms with van der Waals surface area (Å²) >= 11 is 0. The molecule has 0 rings (SSSR count). The topological polar surface area (TPSA) is 0 Å². The molecule has 126 valence electrons. The number of halogens is 12. The number of alkyl halides is 3. The molecule has 0 aliphatic carbocycles. The Hall–Kier alpha value is -1.88. The summed E-state index contributed by atoms with van der Waals surface area (Å²) in [6.45, 7) is 8.22. The highest BCUT2D eigenvalue weighted by Crippen LogP contribution is 2.29. The lowest BCUT2D eigenvalue weighted by Crippen LogP contribution is -2.08. The summed E-state index contributed by atoms with van der Waals surface area (Å²) in [7, 11) is 0. The Morgan fingerprint density at radius 3 is 0.762 bits per heavy atom. The Morgan fingerprint density at radius 1 is 0.571 bits per heavy atom. The van der Waals surface area contributed by atoms with Crippen molar-refractivity contribution in [3.05, 3.63) is 49.9 Å². The van der Waals surface area contributed by atoms with E-state index < -0.39 is 36.3 Å². The highest BCUT2D eigenvalue weighted by Gasteiger charge is 2.38. The predicted octanol–water partition coefficient (Wildman–Crippen LogP) is 6.82. The Labute approximate surface area is 110 Å². The molecule has 0 atom stereocenters. The van der Waals surface area contributed by atoms with E-state index >= 15 is 0 Å². The molecule has 0 spiro atoms. The molecule has 0 amide bonds. The summed E-state index contributed by atoms with van der Waals surface area (Å²) in [4.78, 5) is 0. The maximum absolute atomic E-state index is 11.0. The molecule has 0 fully saturated rings. The lowest BCUT2D eigenvalue weighted by atomic mass is 10.6. The molecule has 0 saturated heterocycles. The Bertz CT molecular complexity index is 324. The summed E-state index contributed by atoms with van der Waals surface area (Å²) in [5, 5.41) is 0. The van der Waals surface area contributed by atoms with Crippen LogP contribution >= 0.6 is 0 Å². The smallest absolute Gasteiger partial charge is 0.196 e. The van der Waals surface area contributed by atoms with Gasteiger partial charge in [-0.2, -0.15) is 52.7 Å². The van der Waals surface area contributed by atoms with Gasteiger partial charge in [-0.3, -0.25) is 0 Å². The van der Waals surface area contributed by atoms with Crippen molar-refractivity contribution in [3.63, 3.8) is 0 Å². The number of allylic oxidation sites excluding steroid dienone is 1. The molecule has 0 N–H and O–H groups in total. The van der Waals surface area contributed by atoms with Crippen molar-refractivity contribution in [1.29, 1.82) is 0 Å². The van der Waals surface area contributed by atoms with Crippen molar-refractivity contribution in [2.24, 2.45) is 0 Å². The number of rotatable bonds is 0. The molecular formula is C9H6F12. The lowest BCUT2D eigenvalue weighted by Gasteiger charge is -1.98. The molecule has 0 aliphatic heterocycles. The Balaban J connectivity index is -0.000000104. The largest absolute Gasteiger partial charge is 0.448 e. The van der Waals surface area contributed by atoms with Crippen molar-refractivity contribution < 1.29 is 52.7 Å². The minimum Gasteiger partial charge on any atom is -0.196 e. The fraction of sp³-hybridized carbons (Fsp3) is 0.111. The van der Waals surface area contributed by atoms with Gasteiger partial charge in [0.25, 0.3) is 11.9 Å². The van der Waals surface area contributed by atoms with Crippen LogP contribution in [0, 0.1) is 0 Å². The number of hydrogen-bond acceptors (Lipinski definition) is 0. The van der Waals surface area contributed by atoms with Crippen LogP contribution in [0.1, 0.15) is 0 Å². The van der Waals surface area contributed by atoms with E-state index in [-0.39, 0.29) is 0 Å². The third-order valence-electron chi connectivity index (χ3n) is 0.558. The van der Waals surface area contributed by atoms with E-state index in [0.29, 0.717) is 0 Å². The van der Waals surface area contributed by atoms with Crippen molar-refractivity contribution in [1.82, 2.24) is 0 Å². The highest BCUT2D eigenvalue weighted by atomic mass is 19.4. The Morgan fingerprint density at radius 2 is 0.762 bits per heavy atom.